The largest absolute Gasteiger partial charge is 0.501 e. The molecule has 1 fully saturated rings. The SMILES string of the molecule is COC1=CC=C(C2=Cc3ccc(OC)cc3CC=C2)C(CC2=CC=C=C(OCCN3CCCCC3)C=C2)C1. The van der Waals surface area contributed by atoms with Crippen LogP contribution in [0.15, 0.2) is 101 Å². The van der Waals surface area contributed by atoms with Gasteiger partial charge in [-0.1, -0.05) is 48.6 Å². The van der Waals surface area contributed by atoms with Crippen molar-refractivity contribution < 1.29 is 14.2 Å². The maximum atomic E-state index is 6.06. The topological polar surface area (TPSA) is 30.9 Å². The van der Waals surface area contributed by atoms with Gasteiger partial charge < -0.3 is 14.2 Å². The number of ether oxygens (including phenoxy) is 3. The summed E-state index contributed by atoms with van der Waals surface area (Å²) in [6, 6.07) is 6.35. The lowest BCUT2D eigenvalue weighted by molar-refractivity contribution is 0.149. The van der Waals surface area contributed by atoms with Gasteiger partial charge in [-0.2, -0.15) is 0 Å². The molecule has 4 aliphatic rings. The van der Waals surface area contributed by atoms with Crippen LogP contribution in [-0.2, 0) is 15.9 Å². The summed E-state index contributed by atoms with van der Waals surface area (Å²) in [5.74, 6) is 3.05. The number of rotatable bonds is 9. The van der Waals surface area contributed by atoms with Crippen molar-refractivity contribution in [3.8, 4) is 5.75 Å². The molecule has 38 heavy (non-hydrogen) atoms. The lowest BCUT2D eigenvalue weighted by Crippen LogP contribution is -2.32. The Bertz CT molecular complexity index is 1260. The average molecular weight is 510 g/mol. The fourth-order valence-electron chi connectivity index (χ4n) is 5.64. The summed E-state index contributed by atoms with van der Waals surface area (Å²) in [4.78, 5) is 2.50. The Morgan fingerprint density at radius 3 is 2.71 bits per heavy atom. The van der Waals surface area contributed by atoms with Crippen LogP contribution in [0.4, 0.5) is 0 Å². The smallest absolute Gasteiger partial charge is 0.162 e. The molecule has 198 valence electrons. The van der Waals surface area contributed by atoms with Crippen LogP contribution in [0.3, 0.4) is 0 Å². The van der Waals surface area contributed by atoms with E-state index in [9.17, 15) is 0 Å². The Hall–Kier alpha value is -3.46. The number of fused-ring (bicyclic) bond motifs is 1. The molecule has 1 unspecified atom stereocenters. The van der Waals surface area contributed by atoms with Gasteiger partial charge in [0.25, 0.3) is 0 Å². The molecule has 1 aliphatic heterocycles. The molecule has 1 saturated heterocycles. The molecule has 1 aromatic carbocycles. The maximum Gasteiger partial charge on any atom is 0.162 e. The molecule has 5 rings (SSSR count). The van der Waals surface area contributed by atoms with Crippen molar-refractivity contribution in [3.05, 3.63) is 112 Å². The highest BCUT2D eigenvalue weighted by Crippen LogP contribution is 2.38. The highest BCUT2D eigenvalue weighted by molar-refractivity contribution is 5.68. The van der Waals surface area contributed by atoms with Gasteiger partial charge in [0.1, 0.15) is 12.4 Å². The number of nitrogens with zero attached hydrogens (tertiary/aromatic N) is 1. The number of hydrogen-bond acceptors (Lipinski definition) is 4. The molecule has 0 spiro atoms. The highest BCUT2D eigenvalue weighted by atomic mass is 16.5. The molecular weight excluding hydrogens is 470 g/mol. The number of methoxy groups -OCH3 is 2. The molecule has 1 heterocycles. The van der Waals surface area contributed by atoms with Gasteiger partial charge in [0.2, 0.25) is 0 Å². The molecule has 4 nitrogen and oxygen atoms in total. The van der Waals surface area contributed by atoms with Gasteiger partial charge in [-0.3, -0.25) is 4.90 Å². The number of likely N-dealkylation sites (tertiary alicyclic amines) is 1. The van der Waals surface area contributed by atoms with E-state index in [2.05, 4.69) is 71.4 Å². The van der Waals surface area contributed by atoms with Crippen LogP contribution in [0.5, 0.6) is 5.75 Å². The number of benzene rings is 1. The van der Waals surface area contributed by atoms with Gasteiger partial charge in [0.05, 0.1) is 20.0 Å². The first kappa shape index (κ1) is 26.2. The van der Waals surface area contributed by atoms with Crippen molar-refractivity contribution in [1.82, 2.24) is 4.90 Å². The fraction of sp³-hybridized carbons (Fsp3) is 0.382. The van der Waals surface area contributed by atoms with Crippen LogP contribution in [0.1, 0.15) is 43.2 Å². The summed E-state index contributed by atoms with van der Waals surface area (Å²) in [6.07, 6.45) is 26.3. The summed E-state index contributed by atoms with van der Waals surface area (Å²) < 4.78 is 17.2. The van der Waals surface area contributed by atoms with Crippen LogP contribution in [0.2, 0.25) is 0 Å². The Balaban J connectivity index is 1.27. The van der Waals surface area contributed by atoms with Gasteiger partial charge in [-0.25, -0.2) is 0 Å². The molecule has 0 N–H and O–H groups in total. The summed E-state index contributed by atoms with van der Waals surface area (Å²) in [5, 5.41) is 0. The van der Waals surface area contributed by atoms with E-state index >= 15 is 0 Å². The van der Waals surface area contributed by atoms with Gasteiger partial charge in [0, 0.05) is 13.0 Å². The van der Waals surface area contributed by atoms with E-state index in [1.165, 1.54) is 60.2 Å². The van der Waals surface area contributed by atoms with E-state index in [-0.39, 0.29) is 0 Å². The average Bonchev–Trinajstić information content (AvgIpc) is 3.31. The van der Waals surface area contributed by atoms with Crippen molar-refractivity contribution in [3.63, 3.8) is 0 Å². The third kappa shape index (κ3) is 6.69. The third-order valence-corrected chi connectivity index (χ3v) is 7.80. The van der Waals surface area contributed by atoms with Gasteiger partial charge in [-0.15, -0.1) is 0 Å². The Kier molecular flexibility index (Phi) is 8.86. The normalized spacial score (nSPS) is 21.2. The van der Waals surface area contributed by atoms with Crippen molar-refractivity contribution in [2.24, 2.45) is 5.92 Å². The minimum absolute atomic E-state index is 0.316. The van der Waals surface area contributed by atoms with Gasteiger partial charge >= 0.3 is 0 Å². The first-order valence-electron chi connectivity index (χ1n) is 13.9. The second-order valence-electron chi connectivity index (χ2n) is 10.3. The monoisotopic (exact) mass is 509 g/mol. The van der Waals surface area contributed by atoms with E-state index in [1.807, 2.05) is 12.1 Å². The van der Waals surface area contributed by atoms with Crippen LogP contribution < -0.4 is 4.74 Å². The molecule has 4 heteroatoms. The molecule has 1 atom stereocenters. The third-order valence-electron chi connectivity index (χ3n) is 7.80. The molecule has 0 bridgehead atoms. The van der Waals surface area contributed by atoms with Gasteiger partial charge in [0.15, 0.2) is 5.76 Å². The van der Waals surface area contributed by atoms with Crippen molar-refractivity contribution in [1.29, 1.82) is 0 Å². The molecule has 1 aromatic rings. The molecule has 0 radical (unpaired) electrons. The van der Waals surface area contributed by atoms with Crippen LogP contribution in [0, 0.1) is 5.92 Å². The van der Waals surface area contributed by atoms with Crippen LogP contribution >= 0.6 is 0 Å². The first-order valence-corrected chi connectivity index (χ1v) is 13.9. The summed E-state index contributed by atoms with van der Waals surface area (Å²) in [6.45, 7) is 4.09. The van der Waals surface area contributed by atoms with Crippen molar-refractivity contribution in [2.45, 2.75) is 38.5 Å². The molecule has 0 amide bonds. The lowest BCUT2D eigenvalue weighted by atomic mass is 9.81. The zero-order chi connectivity index (χ0) is 26.2. The Morgan fingerprint density at radius 1 is 0.974 bits per heavy atom. The minimum atomic E-state index is 0.316. The van der Waals surface area contributed by atoms with E-state index in [0.29, 0.717) is 12.5 Å². The molecular formula is C34H39NO3. The van der Waals surface area contributed by atoms with Crippen molar-refractivity contribution >= 4 is 6.08 Å². The second kappa shape index (κ2) is 12.9. The van der Waals surface area contributed by atoms with E-state index in [1.54, 1.807) is 14.2 Å². The predicted molar refractivity (Wildman–Crippen MR) is 155 cm³/mol. The minimum Gasteiger partial charge on any atom is -0.501 e. The highest BCUT2D eigenvalue weighted by Gasteiger charge is 2.24. The Morgan fingerprint density at radius 2 is 1.87 bits per heavy atom. The molecule has 3 aliphatic carbocycles. The standard InChI is InChI=1S/C34H39NO3/c1-36-32-15-13-28-23-29(10-7-9-27(28)24-32)34-17-16-33(37-2)25-30(34)22-26-8-6-11-31(14-12-26)38-21-20-35-18-4-3-5-19-35/h6-8,10,12-17,23-24,30H,3-5,9,18-22,25H2,1-2H3. The number of piperidine rings is 1. The zero-order valence-corrected chi connectivity index (χ0v) is 22.7. The zero-order valence-electron chi connectivity index (χ0n) is 22.7. The number of allylic oxidation sites excluding steroid dienone is 11. The van der Waals surface area contributed by atoms with E-state index < -0.39 is 0 Å². The summed E-state index contributed by atoms with van der Waals surface area (Å²) in [5.41, 5.74) is 9.73. The first-order chi connectivity index (χ1) is 18.7. The van der Waals surface area contributed by atoms with E-state index in [0.717, 1.165) is 43.1 Å². The van der Waals surface area contributed by atoms with Gasteiger partial charge in [-0.05, 0) is 109 Å². The molecule has 0 aromatic heterocycles. The summed E-state index contributed by atoms with van der Waals surface area (Å²) >= 11 is 0. The predicted octanol–water partition coefficient (Wildman–Crippen LogP) is 7.10. The van der Waals surface area contributed by atoms with Crippen molar-refractivity contribution in [2.75, 3.05) is 40.5 Å². The number of hydrogen-bond donors (Lipinski definition) is 0. The quantitative estimate of drug-likeness (QED) is 0.332. The van der Waals surface area contributed by atoms with Crippen LogP contribution in [-0.4, -0.2) is 45.4 Å². The Labute approximate surface area is 227 Å². The second-order valence-corrected chi connectivity index (χ2v) is 10.3. The fourth-order valence-corrected chi connectivity index (χ4v) is 5.64. The molecule has 0 saturated carbocycles. The lowest BCUT2D eigenvalue weighted by Gasteiger charge is -2.26. The summed E-state index contributed by atoms with van der Waals surface area (Å²) in [7, 11) is 3.49. The van der Waals surface area contributed by atoms with E-state index in [4.69, 9.17) is 14.2 Å². The maximum absolute atomic E-state index is 6.06. The van der Waals surface area contributed by atoms with Crippen LogP contribution in [0.25, 0.3) is 6.08 Å².